The van der Waals surface area contributed by atoms with Crippen LogP contribution in [0.1, 0.15) is 34.6 Å². The molecule has 0 bridgehead atoms. The van der Waals surface area contributed by atoms with Crippen LogP contribution < -0.4 is 5.32 Å². The van der Waals surface area contributed by atoms with E-state index < -0.39 is 30.9 Å². The maximum Gasteiger partial charge on any atom is 0.255 e. The summed E-state index contributed by atoms with van der Waals surface area (Å²) in [5.74, 6) is -0.524. The number of aromatic nitrogens is 2. The van der Waals surface area contributed by atoms with E-state index in [2.05, 4.69) is 15.5 Å². The zero-order valence-electron chi connectivity index (χ0n) is 13.5. The average Bonchev–Trinajstić information content (AvgIpc) is 2.97. The topological polar surface area (TPSA) is 67.0 Å². The molecule has 0 spiro atoms. The molecule has 0 saturated heterocycles. The maximum atomic E-state index is 12.6. The van der Waals surface area contributed by atoms with Crippen LogP contribution in [0.5, 0.6) is 0 Å². The minimum Gasteiger partial charge on any atom is -0.375 e. The first kappa shape index (κ1) is 19.6. The molecule has 0 aliphatic carbocycles. The number of aromatic amines is 1. The zero-order valence-corrected chi connectivity index (χ0v) is 15.0. The lowest BCUT2D eigenvalue weighted by atomic mass is 10.0. The number of carbonyl (C=O) groups is 1. The second kappa shape index (κ2) is 8.60. The van der Waals surface area contributed by atoms with Crippen LogP contribution in [0, 0.1) is 0 Å². The molecule has 0 aliphatic heterocycles. The van der Waals surface area contributed by atoms with Crippen LogP contribution in [-0.4, -0.2) is 35.7 Å². The van der Waals surface area contributed by atoms with E-state index in [9.17, 15) is 13.6 Å². The number of benzene rings is 1. The second-order valence-corrected chi connectivity index (χ2v) is 6.27. The number of methoxy groups -OCH3 is 1. The summed E-state index contributed by atoms with van der Waals surface area (Å²) >= 11 is 12.1. The largest absolute Gasteiger partial charge is 0.375 e. The van der Waals surface area contributed by atoms with Crippen LogP contribution in [0.2, 0.25) is 10.0 Å². The summed E-state index contributed by atoms with van der Waals surface area (Å²) in [4.78, 5) is 12.4. The van der Waals surface area contributed by atoms with E-state index in [-0.39, 0.29) is 11.3 Å². The molecule has 0 aliphatic rings. The first-order valence-electron chi connectivity index (χ1n) is 7.42. The average molecular weight is 392 g/mol. The molecule has 25 heavy (non-hydrogen) atoms. The first-order valence-corrected chi connectivity index (χ1v) is 8.18. The number of ether oxygens (including phenoxy) is 1. The van der Waals surface area contributed by atoms with Gasteiger partial charge in [-0.05, 0) is 19.1 Å². The highest BCUT2D eigenvalue weighted by molar-refractivity contribution is 6.35. The molecule has 136 valence electrons. The van der Waals surface area contributed by atoms with E-state index in [1.54, 1.807) is 25.1 Å². The van der Waals surface area contributed by atoms with Crippen molar-refractivity contribution in [1.29, 1.82) is 0 Å². The van der Waals surface area contributed by atoms with Crippen molar-refractivity contribution in [2.75, 3.05) is 7.11 Å². The number of nitrogens with zero attached hydrogens (tertiary/aromatic N) is 1. The Morgan fingerprint density at radius 3 is 2.72 bits per heavy atom. The molecule has 2 unspecified atom stereocenters. The Morgan fingerprint density at radius 1 is 1.40 bits per heavy atom. The first-order chi connectivity index (χ1) is 11.8. The normalized spacial score (nSPS) is 13.7. The van der Waals surface area contributed by atoms with Crippen molar-refractivity contribution in [2.45, 2.75) is 31.9 Å². The summed E-state index contributed by atoms with van der Waals surface area (Å²) in [7, 11) is 1.48. The van der Waals surface area contributed by atoms with Gasteiger partial charge in [0.25, 0.3) is 5.91 Å². The summed E-state index contributed by atoms with van der Waals surface area (Å²) in [6.45, 7) is 1.73. The molecule has 1 amide bonds. The van der Waals surface area contributed by atoms with Gasteiger partial charge in [-0.25, -0.2) is 8.78 Å². The summed E-state index contributed by atoms with van der Waals surface area (Å²) in [5.41, 5.74) is 0.740. The zero-order chi connectivity index (χ0) is 18.6. The molecular formula is C16H17Cl2F2N3O2. The lowest BCUT2D eigenvalue weighted by Crippen LogP contribution is -2.38. The van der Waals surface area contributed by atoms with Gasteiger partial charge in [0.05, 0.1) is 23.7 Å². The maximum absolute atomic E-state index is 12.6. The van der Waals surface area contributed by atoms with Gasteiger partial charge < -0.3 is 10.1 Å². The monoisotopic (exact) mass is 391 g/mol. The van der Waals surface area contributed by atoms with Crippen LogP contribution in [0.3, 0.4) is 0 Å². The standard InChI is InChI=1S/C16H17Cl2F2N3O2/c1-8(15(25-2)10-4-3-9(17)5-12(10)18)22-16(24)11-7-21-23-13(11)6-14(19)20/h3-5,7-8,14-15H,6H2,1-2H3,(H,21,23)(H,22,24). The van der Waals surface area contributed by atoms with Gasteiger partial charge in [-0.3, -0.25) is 9.89 Å². The Hall–Kier alpha value is -1.70. The molecule has 2 rings (SSSR count). The second-order valence-electron chi connectivity index (χ2n) is 5.43. The van der Waals surface area contributed by atoms with Gasteiger partial charge in [0, 0.05) is 28.9 Å². The van der Waals surface area contributed by atoms with Gasteiger partial charge in [-0.1, -0.05) is 29.3 Å². The molecule has 2 N–H and O–H groups in total. The van der Waals surface area contributed by atoms with Gasteiger partial charge in [0.2, 0.25) is 6.43 Å². The minimum absolute atomic E-state index is 0.0122. The van der Waals surface area contributed by atoms with Crippen molar-refractivity contribution in [2.24, 2.45) is 0 Å². The SMILES string of the molecule is COC(c1ccc(Cl)cc1Cl)C(C)NC(=O)c1c[nH]nc1CC(F)F. The third-order valence-electron chi connectivity index (χ3n) is 3.65. The fourth-order valence-corrected chi connectivity index (χ4v) is 3.03. The molecule has 2 aromatic rings. The summed E-state index contributed by atoms with van der Waals surface area (Å²) in [6, 6.07) is 4.47. The Kier molecular flexibility index (Phi) is 6.75. The highest BCUT2D eigenvalue weighted by Gasteiger charge is 2.25. The summed E-state index contributed by atoms with van der Waals surface area (Å²) in [6.07, 6.45) is -2.44. The van der Waals surface area contributed by atoms with E-state index in [0.29, 0.717) is 15.6 Å². The molecule has 0 fully saturated rings. The number of rotatable bonds is 7. The Bertz CT molecular complexity index is 740. The van der Waals surface area contributed by atoms with E-state index in [1.165, 1.54) is 13.3 Å². The van der Waals surface area contributed by atoms with E-state index >= 15 is 0 Å². The Morgan fingerprint density at radius 2 is 2.12 bits per heavy atom. The lowest BCUT2D eigenvalue weighted by molar-refractivity contribution is 0.0644. The molecule has 9 heteroatoms. The third-order valence-corrected chi connectivity index (χ3v) is 4.21. The van der Waals surface area contributed by atoms with E-state index in [0.717, 1.165) is 0 Å². The van der Waals surface area contributed by atoms with Crippen LogP contribution in [-0.2, 0) is 11.2 Å². The van der Waals surface area contributed by atoms with Crippen molar-refractivity contribution < 1.29 is 18.3 Å². The predicted molar refractivity (Wildman–Crippen MR) is 91.4 cm³/mol. The fourth-order valence-electron chi connectivity index (χ4n) is 2.51. The number of alkyl halides is 2. The Balaban J connectivity index is 2.15. The molecule has 1 aromatic carbocycles. The number of hydrogen-bond acceptors (Lipinski definition) is 3. The van der Waals surface area contributed by atoms with Crippen LogP contribution in [0.15, 0.2) is 24.4 Å². The number of halogens is 4. The van der Waals surface area contributed by atoms with Gasteiger partial charge in [-0.15, -0.1) is 0 Å². The molecule has 2 atom stereocenters. The minimum atomic E-state index is -2.59. The van der Waals surface area contributed by atoms with Crippen molar-refractivity contribution in [3.8, 4) is 0 Å². The predicted octanol–water partition coefficient (Wildman–Crippen LogP) is 4.03. The molecule has 0 saturated carbocycles. The van der Waals surface area contributed by atoms with Gasteiger partial charge in [0.1, 0.15) is 6.10 Å². The van der Waals surface area contributed by atoms with Crippen LogP contribution >= 0.6 is 23.2 Å². The lowest BCUT2D eigenvalue weighted by Gasteiger charge is -2.25. The highest BCUT2D eigenvalue weighted by Crippen LogP contribution is 2.30. The van der Waals surface area contributed by atoms with Crippen molar-refractivity contribution in [1.82, 2.24) is 15.5 Å². The quantitative estimate of drug-likeness (QED) is 0.748. The fraction of sp³-hybridized carbons (Fsp3) is 0.375. The van der Waals surface area contributed by atoms with Crippen molar-refractivity contribution in [3.05, 3.63) is 51.3 Å². The third kappa shape index (κ3) is 4.90. The highest BCUT2D eigenvalue weighted by atomic mass is 35.5. The molecule has 5 nitrogen and oxygen atoms in total. The van der Waals surface area contributed by atoms with Crippen LogP contribution in [0.25, 0.3) is 0 Å². The van der Waals surface area contributed by atoms with Gasteiger partial charge >= 0.3 is 0 Å². The smallest absolute Gasteiger partial charge is 0.255 e. The number of carbonyl (C=O) groups excluding carboxylic acids is 1. The molecule has 1 aromatic heterocycles. The number of nitrogens with one attached hydrogen (secondary N) is 2. The van der Waals surface area contributed by atoms with Gasteiger partial charge in [-0.2, -0.15) is 5.10 Å². The van der Waals surface area contributed by atoms with Crippen LogP contribution in [0.4, 0.5) is 8.78 Å². The Labute approximate surface area is 153 Å². The molecular weight excluding hydrogens is 375 g/mol. The molecule has 0 radical (unpaired) electrons. The van der Waals surface area contributed by atoms with Crippen molar-refractivity contribution >= 4 is 29.1 Å². The van der Waals surface area contributed by atoms with Gasteiger partial charge in [0.15, 0.2) is 0 Å². The van der Waals surface area contributed by atoms with E-state index in [1.807, 2.05) is 0 Å². The van der Waals surface area contributed by atoms with Crippen molar-refractivity contribution in [3.63, 3.8) is 0 Å². The molecule has 1 heterocycles. The number of hydrogen-bond donors (Lipinski definition) is 2. The summed E-state index contributed by atoms with van der Waals surface area (Å²) in [5, 5.41) is 9.75. The number of amides is 1. The summed E-state index contributed by atoms with van der Waals surface area (Å²) < 4.78 is 30.6. The van der Waals surface area contributed by atoms with E-state index in [4.69, 9.17) is 27.9 Å². The number of H-pyrrole nitrogens is 1.